The third-order valence-electron chi connectivity index (χ3n) is 1.72. The molecule has 0 aromatic heterocycles. The van der Waals surface area contributed by atoms with Gasteiger partial charge in [-0.15, -0.1) is 0 Å². The first kappa shape index (κ1) is 4.13. The SMILES string of the molecule is C[C@@H]1C([O])[C@@H]1C. The maximum absolute atomic E-state index is 10.3. The van der Waals surface area contributed by atoms with E-state index in [0.717, 1.165) is 0 Å². The summed E-state index contributed by atoms with van der Waals surface area (Å²) >= 11 is 0. The topological polar surface area (TPSA) is 19.9 Å². The zero-order chi connectivity index (χ0) is 4.73. The van der Waals surface area contributed by atoms with Gasteiger partial charge in [0.05, 0.1) is 6.10 Å². The molecule has 0 heterocycles. The van der Waals surface area contributed by atoms with Crippen LogP contribution in [0, 0.1) is 11.8 Å². The van der Waals surface area contributed by atoms with Crippen LogP contribution >= 0.6 is 0 Å². The van der Waals surface area contributed by atoms with E-state index in [9.17, 15) is 5.11 Å². The van der Waals surface area contributed by atoms with Crippen molar-refractivity contribution >= 4 is 0 Å². The number of rotatable bonds is 0. The molecule has 0 aromatic carbocycles. The van der Waals surface area contributed by atoms with Gasteiger partial charge in [-0.05, 0) is 11.8 Å². The van der Waals surface area contributed by atoms with E-state index >= 15 is 0 Å². The van der Waals surface area contributed by atoms with Gasteiger partial charge in [0.2, 0.25) is 0 Å². The molecule has 0 saturated heterocycles. The van der Waals surface area contributed by atoms with Crippen molar-refractivity contribution in [1.29, 1.82) is 0 Å². The highest BCUT2D eigenvalue weighted by Gasteiger charge is 2.42. The molecule has 1 aliphatic carbocycles. The normalized spacial score (nSPS) is 55.5. The highest BCUT2D eigenvalue weighted by Crippen LogP contribution is 2.37. The molecule has 0 aliphatic heterocycles. The van der Waals surface area contributed by atoms with Crippen molar-refractivity contribution in [2.24, 2.45) is 11.8 Å². The van der Waals surface area contributed by atoms with E-state index in [0.29, 0.717) is 11.8 Å². The van der Waals surface area contributed by atoms with Crippen LogP contribution in [0.3, 0.4) is 0 Å². The van der Waals surface area contributed by atoms with Crippen molar-refractivity contribution < 1.29 is 5.11 Å². The van der Waals surface area contributed by atoms with Crippen LogP contribution in [0.15, 0.2) is 0 Å². The van der Waals surface area contributed by atoms with Gasteiger partial charge >= 0.3 is 0 Å². The number of hydrogen-bond acceptors (Lipinski definition) is 0. The average molecular weight is 85.1 g/mol. The Morgan fingerprint density at radius 3 is 1.33 bits per heavy atom. The molecule has 35 valence electrons. The summed E-state index contributed by atoms with van der Waals surface area (Å²) in [5.74, 6) is 0.926. The fraction of sp³-hybridized carbons (Fsp3) is 1.00. The van der Waals surface area contributed by atoms with Crippen molar-refractivity contribution in [3.05, 3.63) is 0 Å². The van der Waals surface area contributed by atoms with Crippen LogP contribution in [-0.2, 0) is 5.11 Å². The summed E-state index contributed by atoms with van der Waals surface area (Å²) in [4.78, 5) is 0. The summed E-state index contributed by atoms with van der Waals surface area (Å²) in [5.41, 5.74) is 0. The Kier molecular flexibility index (Phi) is 0.667. The summed E-state index contributed by atoms with van der Waals surface area (Å²) < 4.78 is 0. The maximum atomic E-state index is 10.3. The summed E-state index contributed by atoms with van der Waals surface area (Å²) in [6, 6.07) is 0. The van der Waals surface area contributed by atoms with E-state index in [1.807, 2.05) is 13.8 Å². The Morgan fingerprint density at radius 1 is 1.17 bits per heavy atom. The van der Waals surface area contributed by atoms with Gasteiger partial charge < -0.3 is 0 Å². The molecule has 0 N–H and O–H groups in total. The molecule has 3 atom stereocenters. The molecule has 1 radical (unpaired) electrons. The van der Waals surface area contributed by atoms with Crippen LogP contribution in [0.2, 0.25) is 0 Å². The lowest BCUT2D eigenvalue weighted by atomic mass is 10.4. The fourth-order valence-corrected chi connectivity index (χ4v) is 0.617. The van der Waals surface area contributed by atoms with E-state index in [1.165, 1.54) is 0 Å². The quantitative estimate of drug-likeness (QED) is 0.419. The van der Waals surface area contributed by atoms with Crippen molar-refractivity contribution in [3.63, 3.8) is 0 Å². The Balaban J connectivity index is 2.31. The smallest absolute Gasteiger partial charge is 0.0987 e. The molecule has 1 aliphatic rings. The third-order valence-corrected chi connectivity index (χ3v) is 1.72. The average Bonchev–Trinajstić information content (AvgIpc) is 1.94. The number of hydrogen-bond donors (Lipinski definition) is 0. The first-order valence-electron chi connectivity index (χ1n) is 2.39. The van der Waals surface area contributed by atoms with Crippen molar-refractivity contribution in [2.75, 3.05) is 0 Å². The molecule has 1 fully saturated rings. The second-order valence-corrected chi connectivity index (χ2v) is 2.18. The predicted octanol–water partition coefficient (Wildman–Crippen LogP) is 1.07. The van der Waals surface area contributed by atoms with E-state index in [4.69, 9.17) is 0 Å². The Bertz CT molecular complexity index is 40.7. The van der Waals surface area contributed by atoms with E-state index in [2.05, 4.69) is 0 Å². The van der Waals surface area contributed by atoms with Crippen molar-refractivity contribution in [1.82, 2.24) is 0 Å². The molecular weight excluding hydrogens is 76.1 g/mol. The third kappa shape index (κ3) is 0.350. The Morgan fingerprint density at radius 2 is 1.33 bits per heavy atom. The molecule has 0 amide bonds. The molecule has 1 heteroatoms. The molecule has 0 aromatic rings. The standard InChI is InChI=1S/C5H9O/c1-3-4(2)5(3)6/h3-5H,1-2H3/t3-,4+,5?. The molecular formula is C5H9O. The van der Waals surface area contributed by atoms with Crippen LogP contribution in [0.25, 0.3) is 0 Å². The fourth-order valence-electron chi connectivity index (χ4n) is 0.617. The van der Waals surface area contributed by atoms with Crippen molar-refractivity contribution in [2.45, 2.75) is 20.0 Å². The van der Waals surface area contributed by atoms with Gasteiger partial charge in [-0.3, -0.25) is 0 Å². The maximum Gasteiger partial charge on any atom is 0.0987 e. The van der Waals surface area contributed by atoms with Crippen LogP contribution in [-0.4, -0.2) is 6.10 Å². The lowest BCUT2D eigenvalue weighted by Crippen LogP contribution is -1.73. The van der Waals surface area contributed by atoms with Gasteiger partial charge in [0.1, 0.15) is 0 Å². The molecule has 1 unspecified atom stereocenters. The molecule has 6 heavy (non-hydrogen) atoms. The van der Waals surface area contributed by atoms with E-state index in [-0.39, 0.29) is 6.10 Å². The zero-order valence-electron chi connectivity index (χ0n) is 4.14. The summed E-state index contributed by atoms with van der Waals surface area (Å²) in [7, 11) is 0. The first-order valence-corrected chi connectivity index (χ1v) is 2.39. The summed E-state index contributed by atoms with van der Waals surface area (Å²) in [6.45, 7) is 4.00. The largest absolute Gasteiger partial charge is 0.232 e. The van der Waals surface area contributed by atoms with Crippen LogP contribution in [0.1, 0.15) is 13.8 Å². The summed E-state index contributed by atoms with van der Waals surface area (Å²) in [5, 5.41) is 10.3. The second-order valence-electron chi connectivity index (χ2n) is 2.18. The minimum absolute atomic E-state index is 0.231. The lowest BCUT2D eigenvalue weighted by molar-refractivity contribution is 0.154. The van der Waals surface area contributed by atoms with Crippen LogP contribution in [0.4, 0.5) is 0 Å². The molecule has 1 nitrogen and oxygen atoms in total. The molecule has 1 rings (SSSR count). The van der Waals surface area contributed by atoms with Gasteiger partial charge in [-0.1, -0.05) is 13.8 Å². The molecule has 1 saturated carbocycles. The summed E-state index contributed by atoms with van der Waals surface area (Å²) in [6.07, 6.45) is -0.231. The van der Waals surface area contributed by atoms with Crippen LogP contribution in [0.5, 0.6) is 0 Å². The van der Waals surface area contributed by atoms with Crippen molar-refractivity contribution in [3.8, 4) is 0 Å². The second kappa shape index (κ2) is 0.969. The van der Waals surface area contributed by atoms with Gasteiger partial charge in [0.25, 0.3) is 0 Å². The van der Waals surface area contributed by atoms with E-state index in [1.54, 1.807) is 0 Å². The Labute approximate surface area is 38.0 Å². The van der Waals surface area contributed by atoms with Crippen LogP contribution < -0.4 is 0 Å². The first-order chi connectivity index (χ1) is 2.73. The predicted molar refractivity (Wildman–Crippen MR) is 22.8 cm³/mol. The zero-order valence-corrected chi connectivity index (χ0v) is 4.14. The minimum atomic E-state index is -0.231. The molecule has 0 spiro atoms. The molecule has 0 bridgehead atoms. The Hall–Kier alpha value is -0.0400. The lowest BCUT2D eigenvalue weighted by Gasteiger charge is -1.64. The van der Waals surface area contributed by atoms with Gasteiger partial charge in [0.15, 0.2) is 0 Å². The van der Waals surface area contributed by atoms with E-state index < -0.39 is 0 Å². The van der Waals surface area contributed by atoms with Gasteiger partial charge in [-0.2, -0.15) is 0 Å². The highest BCUT2D eigenvalue weighted by atomic mass is 16.3. The highest BCUT2D eigenvalue weighted by molar-refractivity contribution is 4.89. The monoisotopic (exact) mass is 85.1 g/mol. The minimum Gasteiger partial charge on any atom is -0.232 e. The van der Waals surface area contributed by atoms with Gasteiger partial charge in [0, 0.05) is 0 Å². The van der Waals surface area contributed by atoms with Gasteiger partial charge in [-0.25, -0.2) is 5.11 Å².